The number of oxazole rings is 2. The van der Waals surface area contributed by atoms with Crippen molar-refractivity contribution in [3.8, 4) is 35.0 Å². The first-order valence-corrected chi connectivity index (χ1v) is 14.9. The van der Waals surface area contributed by atoms with Gasteiger partial charge in [0.05, 0.1) is 0 Å². The number of sulfonamides is 2. The van der Waals surface area contributed by atoms with Gasteiger partial charge in [-0.2, -0.15) is 29.1 Å². The van der Waals surface area contributed by atoms with Crippen LogP contribution < -0.4 is 0 Å². The lowest BCUT2D eigenvalue weighted by atomic mass is 10.1. The lowest BCUT2D eigenvalue weighted by molar-refractivity contribution is 0.263. The predicted molar refractivity (Wildman–Crippen MR) is 140 cm³/mol. The van der Waals surface area contributed by atoms with Crippen molar-refractivity contribution in [3.63, 3.8) is 0 Å². The number of benzene rings is 2. The minimum atomic E-state index is -4.31. The molecule has 0 atom stereocenters. The maximum Gasteiger partial charge on any atom is 0.279 e. The number of hydrogen-bond donors (Lipinski definition) is 0. The molecular formula is C26H22N6O6S2. The van der Waals surface area contributed by atoms with Gasteiger partial charge in [-0.05, 0) is 38.1 Å². The van der Waals surface area contributed by atoms with E-state index in [-0.39, 0.29) is 38.0 Å². The molecule has 0 saturated carbocycles. The van der Waals surface area contributed by atoms with Crippen LogP contribution >= 0.6 is 0 Å². The van der Waals surface area contributed by atoms with E-state index in [1.807, 2.05) is 13.8 Å². The number of nitriles is 2. The molecule has 4 aromatic rings. The summed E-state index contributed by atoms with van der Waals surface area (Å²) in [6, 6.07) is 17.5. The minimum absolute atomic E-state index is 0.0185. The first-order chi connectivity index (χ1) is 19.0. The molecule has 0 bridgehead atoms. The van der Waals surface area contributed by atoms with Gasteiger partial charge in [-0.25, -0.2) is 16.8 Å². The zero-order chi connectivity index (χ0) is 28.7. The molecule has 0 N–H and O–H groups in total. The van der Waals surface area contributed by atoms with E-state index in [0.29, 0.717) is 11.1 Å². The van der Waals surface area contributed by atoms with Gasteiger partial charge in [0.2, 0.25) is 11.8 Å². The third kappa shape index (κ3) is 4.89. The Bertz CT molecular complexity index is 1730. The summed E-state index contributed by atoms with van der Waals surface area (Å²) in [7, 11) is -8.62. The SMILES string of the molecule is Cc1ccc(-c2nc(C#N)c(S(=O)(=O)N3CCN(S(=O)(=O)c4oc(-c5ccc(C)cc5)nc4C#N)CC3)o2)cc1. The third-order valence-corrected chi connectivity index (χ3v) is 9.93. The van der Waals surface area contributed by atoms with Gasteiger partial charge in [-0.15, -0.1) is 0 Å². The molecule has 12 nitrogen and oxygen atoms in total. The Morgan fingerprint density at radius 1 is 0.650 bits per heavy atom. The van der Waals surface area contributed by atoms with Crippen LogP contribution in [0.1, 0.15) is 22.5 Å². The van der Waals surface area contributed by atoms with Gasteiger partial charge in [0.15, 0.2) is 11.4 Å². The molecule has 2 aromatic heterocycles. The van der Waals surface area contributed by atoms with Crippen molar-refractivity contribution in [2.45, 2.75) is 24.0 Å². The van der Waals surface area contributed by atoms with E-state index >= 15 is 0 Å². The fraction of sp³-hybridized carbons (Fsp3) is 0.231. The Hall–Kier alpha value is -4.34. The number of aryl methyl sites for hydroxylation is 2. The van der Waals surface area contributed by atoms with E-state index in [2.05, 4.69) is 9.97 Å². The fourth-order valence-electron chi connectivity index (χ4n) is 4.13. The molecule has 0 amide bonds. The zero-order valence-electron chi connectivity index (χ0n) is 21.4. The molecule has 204 valence electrons. The van der Waals surface area contributed by atoms with Crippen LogP contribution in [0, 0.1) is 36.5 Å². The topological polar surface area (TPSA) is 174 Å². The molecule has 0 spiro atoms. The van der Waals surface area contributed by atoms with E-state index in [9.17, 15) is 27.4 Å². The number of rotatable bonds is 6. The molecule has 2 aromatic carbocycles. The van der Waals surface area contributed by atoms with E-state index in [0.717, 1.165) is 19.7 Å². The van der Waals surface area contributed by atoms with Crippen molar-refractivity contribution in [2.75, 3.05) is 26.2 Å². The van der Waals surface area contributed by atoms with Crippen LogP contribution in [0.15, 0.2) is 67.5 Å². The fourth-order valence-corrected chi connectivity index (χ4v) is 6.92. The highest BCUT2D eigenvalue weighted by molar-refractivity contribution is 7.89. The first kappa shape index (κ1) is 27.2. The standard InChI is InChI=1S/C26H22N6O6S2/c1-17-3-7-19(8-4-17)23-29-21(15-27)25(37-23)39(33,34)31-11-13-32(14-12-31)40(35,36)26-22(16-28)30-24(38-26)20-9-5-18(2)6-10-20/h3-10H,11-14H2,1-2H3. The summed E-state index contributed by atoms with van der Waals surface area (Å²) in [4.78, 5) is 8.09. The number of piperazine rings is 1. The van der Waals surface area contributed by atoms with Gasteiger partial charge < -0.3 is 8.83 Å². The van der Waals surface area contributed by atoms with Crippen molar-refractivity contribution in [3.05, 3.63) is 71.0 Å². The highest BCUT2D eigenvalue weighted by Crippen LogP contribution is 2.31. The maximum absolute atomic E-state index is 13.4. The van der Waals surface area contributed by atoms with Gasteiger partial charge in [-0.3, -0.25) is 0 Å². The van der Waals surface area contributed by atoms with Gasteiger partial charge in [0.25, 0.3) is 30.2 Å². The van der Waals surface area contributed by atoms with Crippen molar-refractivity contribution < 1.29 is 25.7 Å². The summed E-state index contributed by atoms with van der Waals surface area (Å²) >= 11 is 0. The number of hydrogen-bond acceptors (Lipinski definition) is 10. The Labute approximate surface area is 230 Å². The quantitative estimate of drug-likeness (QED) is 0.331. The van der Waals surface area contributed by atoms with E-state index in [1.54, 1.807) is 60.7 Å². The highest BCUT2D eigenvalue weighted by atomic mass is 32.2. The van der Waals surface area contributed by atoms with Crippen LogP contribution in [0.25, 0.3) is 22.9 Å². The second-order valence-electron chi connectivity index (χ2n) is 9.07. The largest absolute Gasteiger partial charge is 0.422 e. The molecule has 3 heterocycles. The smallest absolute Gasteiger partial charge is 0.279 e. The van der Waals surface area contributed by atoms with E-state index in [1.165, 1.54) is 0 Å². The molecule has 14 heteroatoms. The Morgan fingerprint density at radius 2 is 0.975 bits per heavy atom. The van der Waals surface area contributed by atoms with Gasteiger partial charge in [0.1, 0.15) is 12.1 Å². The Balaban J connectivity index is 1.37. The summed E-state index contributed by atoms with van der Waals surface area (Å²) in [6.07, 6.45) is 0. The Morgan fingerprint density at radius 3 is 1.27 bits per heavy atom. The second kappa shape index (κ2) is 10.3. The molecule has 0 radical (unpaired) electrons. The van der Waals surface area contributed by atoms with Crippen LogP contribution in [0.3, 0.4) is 0 Å². The van der Waals surface area contributed by atoms with Crippen molar-refractivity contribution in [1.82, 2.24) is 18.6 Å². The molecule has 0 aliphatic carbocycles. The maximum atomic E-state index is 13.4. The van der Waals surface area contributed by atoms with Gasteiger partial charge >= 0.3 is 0 Å². The van der Waals surface area contributed by atoms with Crippen LogP contribution in [-0.2, 0) is 20.0 Å². The molecule has 0 unspecified atom stereocenters. The number of aromatic nitrogens is 2. The molecule has 1 aliphatic rings. The van der Waals surface area contributed by atoms with Crippen LogP contribution in [0.5, 0.6) is 0 Å². The monoisotopic (exact) mass is 578 g/mol. The van der Waals surface area contributed by atoms with Crippen LogP contribution in [0.4, 0.5) is 0 Å². The molecule has 5 rings (SSSR count). The van der Waals surface area contributed by atoms with Crippen LogP contribution in [-0.4, -0.2) is 61.6 Å². The molecular weight excluding hydrogens is 556 g/mol. The van der Waals surface area contributed by atoms with Crippen molar-refractivity contribution in [1.29, 1.82) is 10.5 Å². The second-order valence-corrected chi connectivity index (χ2v) is 12.7. The summed E-state index contributed by atoms with van der Waals surface area (Å²) < 4.78 is 66.7. The van der Waals surface area contributed by atoms with E-state index < -0.39 is 41.6 Å². The summed E-state index contributed by atoms with van der Waals surface area (Å²) in [5.41, 5.74) is 2.18. The molecule has 1 aliphatic heterocycles. The molecule has 1 fully saturated rings. The third-order valence-electron chi connectivity index (χ3n) is 6.35. The molecule has 1 saturated heterocycles. The average molecular weight is 579 g/mol. The lowest BCUT2D eigenvalue weighted by Gasteiger charge is -2.31. The summed E-state index contributed by atoms with van der Waals surface area (Å²) in [5, 5.41) is 17.8. The number of nitrogens with zero attached hydrogens (tertiary/aromatic N) is 6. The summed E-state index contributed by atoms with van der Waals surface area (Å²) in [5.74, 6) is -0.0369. The normalized spacial score (nSPS) is 15.0. The average Bonchev–Trinajstić information content (AvgIpc) is 3.60. The molecule has 40 heavy (non-hydrogen) atoms. The first-order valence-electron chi connectivity index (χ1n) is 12.0. The van der Waals surface area contributed by atoms with Gasteiger partial charge in [-0.1, -0.05) is 35.4 Å². The highest BCUT2D eigenvalue weighted by Gasteiger charge is 2.40. The lowest BCUT2D eigenvalue weighted by Crippen LogP contribution is -2.50. The van der Waals surface area contributed by atoms with Crippen molar-refractivity contribution >= 4 is 20.0 Å². The predicted octanol–water partition coefficient (Wildman–Crippen LogP) is 3.05. The van der Waals surface area contributed by atoms with Crippen LogP contribution in [0.2, 0.25) is 0 Å². The Kier molecular flexibility index (Phi) is 7.03. The van der Waals surface area contributed by atoms with E-state index in [4.69, 9.17) is 8.83 Å². The van der Waals surface area contributed by atoms with Crippen molar-refractivity contribution in [2.24, 2.45) is 0 Å². The van der Waals surface area contributed by atoms with Gasteiger partial charge in [0, 0.05) is 37.3 Å². The summed E-state index contributed by atoms with van der Waals surface area (Å²) in [6.45, 7) is 2.87. The zero-order valence-corrected chi connectivity index (χ0v) is 23.0. The minimum Gasteiger partial charge on any atom is -0.422 e.